The van der Waals surface area contributed by atoms with E-state index in [4.69, 9.17) is 9.47 Å². The number of pyridine rings is 1. The highest BCUT2D eigenvalue weighted by atomic mass is 19.1. The Labute approximate surface area is 208 Å². The molecule has 2 amide bonds. The third-order valence-electron chi connectivity index (χ3n) is 7.21. The number of nitrogens with zero attached hydrogens (tertiary/aromatic N) is 4. The minimum absolute atomic E-state index is 0.0159. The zero-order chi connectivity index (χ0) is 25.6. The Hall–Kier alpha value is -3.53. The zero-order valence-corrected chi connectivity index (χ0v) is 20.2. The Morgan fingerprint density at radius 2 is 2.00 bits per heavy atom. The summed E-state index contributed by atoms with van der Waals surface area (Å²) in [4.78, 5) is 35.7. The molecule has 0 N–H and O–H groups in total. The van der Waals surface area contributed by atoms with Gasteiger partial charge < -0.3 is 24.2 Å². The fraction of sp³-hybridized carbons (Fsp3) is 0.423. The molecule has 3 atom stereocenters. The van der Waals surface area contributed by atoms with Crippen LogP contribution in [-0.4, -0.2) is 84.7 Å². The van der Waals surface area contributed by atoms with Crippen molar-refractivity contribution in [2.45, 2.75) is 31.5 Å². The molecule has 0 aliphatic carbocycles. The number of carbonyl (C=O) groups excluding carboxylic acids is 2. The first-order valence-corrected chi connectivity index (χ1v) is 12.0. The number of hydrogen-bond acceptors (Lipinski definition) is 6. The van der Waals surface area contributed by atoms with Gasteiger partial charge in [-0.2, -0.15) is 0 Å². The maximum atomic E-state index is 16.0. The van der Waals surface area contributed by atoms with E-state index in [-0.39, 0.29) is 66.1 Å². The second kappa shape index (κ2) is 9.50. The number of piperazine rings is 1. The molecule has 1 aromatic heterocycles. The molecule has 2 unspecified atom stereocenters. The summed E-state index contributed by atoms with van der Waals surface area (Å²) in [6.07, 6.45) is 1.83. The number of anilines is 1. The van der Waals surface area contributed by atoms with E-state index < -0.39 is 23.6 Å². The third-order valence-corrected chi connectivity index (χ3v) is 7.21. The van der Waals surface area contributed by atoms with E-state index in [0.717, 1.165) is 0 Å². The topological polar surface area (TPSA) is 75.2 Å². The van der Waals surface area contributed by atoms with E-state index in [1.165, 1.54) is 24.3 Å². The lowest BCUT2D eigenvalue weighted by Crippen LogP contribution is -2.57. The molecule has 8 nitrogen and oxygen atoms in total. The van der Waals surface area contributed by atoms with Crippen molar-refractivity contribution < 1.29 is 27.8 Å². The molecule has 0 spiro atoms. The first kappa shape index (κ1) is 24.2. The summed E-state index contributed by atoms with van der Waals surface area (Å²) >= 11 is 0. The van der Waals surface area contributed by atoms with Gasteiger partial charge in [-0.15, -0.1) is 0 Å². The molecule has 2 fully saturated rings. The Bertz CT molecular complexity index is 1220. The largest absolute Gasteiger partial charge is 0.487 e. The van der Waals surface area contributed by atoms with Gasteiger partial charge in [-0.1, -0.05) is 18.7 Å². The molecule has 10 heteroatoms. The van der Waals surface area contributed by atoms with E-state index in [1.807, 2.05) is 11.8 Å². The molecule has 0 saturated carbocycles. The van der Waals surface area contributed by atoms with Crippen molar-refractivity contribution in [1.82, 2.24) is 14.8 Å². The standard InChI is InChI=1S/C26H28F2N4O4/c1-4-20(33)30-9-10-31-16(12-30)14-36-24-21(26(31)34)25(32-13-17(35-3)11-15(32)2)29-23(22(24)28)18-7-5-6-8-19(18)27/h4-8,15-17H,1,9-14H2,2-3H3/t15-,16?,17?/m0/s1. The normalized spacial score (nSPS) is 23.6. The van der Waals surface area contributed by atoms with Crippen LogP contribution in [0.15, 0.2) is 36.9 Å². The Balaban J connectivity index is 1.65. The van der Waals surface area contributed by atoms with E-state index in [0.29, 0.717) is 19.5 Å². The number of amides is 2. The predicted molar refractivity (Wildman–Crippen MR) is 129 cm³/mol. The number of halogens is 2. The van der Waals surface area contributed by atoms with Gasteiger partial charge in [0.15, 0.2) is 11.6 Å². The third kappa shape index (κ3) is 3.99. The van der Waals surface area contributed by atoms with Gasteiger partial charge in [0.25, 0.3) is 5.91 Å². The molecule has 3 aliphatic heterocycles. The van der Waals surface area contributed by atoms with Gasteiger partial charge in [0.1, 0.15) is 29.5 Å². The van der Waals surface area contributed by atoms with Crippen molar-refractivity contribution in [1.29, 1.82) is 0 Å². The van der Waals surface area contributed by atoms with Crippen LogP contribution >= 0.6 is 0 Å². The van der Waals surface area contributed by atoms with Crippen molar-refractivity contribution in [3.8, 4) is 17.0 Å². The molecule has 0 radical (unpaired) electrons. The summed E-state index contributed by atoms with van der Waals surface area (Å²) in [5.74, 6) is -2.18. The average molecular weight is 499 g/mol. The number of aromatic nitrogens is 1. The highest BCUT2D eigenvalue weighted by molar-refractivity contribution is 6.03. The Morgan fingerprint density at radius 3 is 2.69 bits per heavy atom. The fourth-order valence-electron chi connectivity index (χ4n) is 5.26. The summed E-state index contributed by atoms with van der Waals surface area (Å²) in [6, 6.07) is 5.26. The lowest BCUT2D eigenvalue weighted by molar-refractivity contribution is -0.128. The molecule has 36 heavy (non-hydrogen) atoms. The lowest BCUT2D eigenvalue weighted by atomic mass is 10.1. The lowest BCUT2D eigenvalue weighted by Gasteiger charge is -2.39. The zero-order valence-electron chi connectivity index (χ0n) is 20.2. The SMILES string of the molecule is C=CC(=O)N1CCN2C(=O)c3c(N4CC(OC)C[C@@H]4C)nc(-c4ccccc4F)c(F)c3OCC2C1. The number of benzene rings is 1. The van der Waals surface area contributed by atoms with Crippen molar-refractivity contribution in [3.05, 3.63) is 54.1 Å². The fourth-order valence-corrected chi connectivity index (χ4v) is 5.26. The summed E-state index contributed by atoms with van der Waals surface area (Å²) < 4.78 is 42.2. The minimum Gasteiger partial charge on any atom is -0.487 e. The molecular formula is C26H28F2N4O4. The van der Waals surface area contributed by atoms with Crippen LogP contribution in [-0.2, 0) is 9.53 Å². The first-order chi connectivity index (χ1) is 17.3. The molecular weight excluding hydrogens is 470 g/mol. The van der Waals surface area contributed by atoms with Crippen molar-refractivity contribution in [3.63, 3.8) is 0 Å². The van der Waals surface area contributed by atoms with Crippen LogP contribution < -0.4 is 9.64 Å². The van der Waals surface area contributed by atoms with Gasteiger partial charge in [-0.05, 0) is 31.6 Å². The first-order valence-electron chi connectivity index (χ1n) is 12.0. The summed E-state index contributed by atoms with van der Waals surface area (Å²) in [6.45, 7) is 6.75. The van der Waals surface area contributed by atoms with Crippen LogP contribution in [0.3, 0.4) is 0 Å². The van der Waals surface area contributed by atoms with Crippen LogP contribution in [0.25, 0.3) is 11.3 Å². The number of fused-ring (bicyclic) bond motifs is 2. The maximum Gasteiger partial charge on any atom is 0.262 e. The number of ether oxygens (including phenoxy) is 2. The summed E-state index contributed by atoms with van der Waals surface area (Å²) in [5.41, 5.74) is -0.219. The van der Waals surface area contributed by atoms with Crippen molar-refractivity contribution in [2.24, 2.45) is 0 Å². The molecule has 3 aliphatic rings. The molecule has 1 aromatic carbocycles. The predicted octanol–water partition coefficient (Wildman–Crippen LogP) is 2.87. The molecule has 4 heterocycles. The van der Waals surface area contributed by atoms with Gasteiger partial charge in [-0.3, -0.25) is 9.59 Å². The van der Waals surface area contributed by atoms with Gasteiger partial charge in [0.05, 0.1) is 12.1 Å². The van der Waals surface area contributed by atoms with Crippen LogP contribution in [0.5, 0.6) is 5.75 Å². The molecule has 2 saturated heterocycles. The Morgan fingerprint density at radius 1 is 1.22 bits per heavy atom. The van der Waals surface area contributed by atoms with Crippen LogP contribution in [0.2, 0.25) is 0 Å². The van der Waals surface area contributed by atoms with Gasteiger partial charge >= 0.3 is 0 Å². The molecule has 0 bridgehead atoms. The van der Waals surface area contributed by atoms with Gasteiger partial charge in [0, 0.05) is 44.9 Å². The summed E-state index contributed by atoms with van der Waals surface area (Å²) in [7, 11) is 1.62. The Kier molecular flexibility index (Phi) is 6.38. The number of rotatable bonds is 4. The molecule has 190 valence electrons. The number of hydrogen-bond donors (Lipinski definition) is 0. The van der Waals surface area contributed by atoms with E-state index >= 15 is 4.39 Å². The average Bonchev–Trinajstić information content (AvgIpc) is 3.20. The van der Waals surface area contributed by atoms with Crippen molar-refractivity contribution >= 4 is 17.6 Å². The van der Waals surface area contributed by atoms with Crippen molar-refractivity contribution in [2.75, 3.05) is 44.8 Å². The monoisotopic (exact) mass is 498 g/mol. The quantitative estimate of drug-likeness (QED) is 0.604. The van der Waals surface area contributed by atoms with Gasteiger partial charge in [-0.25, -0.2) is 13.8 Å². The smallest absolute Gasteiger partial charge is 0.262 e. The molecule has 5 rings (SSSR count). The maximum absolute atomic E-state index is 16.0. The van der Waals surface area contributed by atoms with Crippen LogP contribution in [0.1, 0.15) is 23.7 Å². The van der Waals surface area contributed by atoms with Crippen LogP contribution in [0.4, 0.5) is 14.6 Å². The van der Waals surface area contributed by atoms with E-state index in [9.17, 15) is 14.0 Å². The second-order valence-electron chi connectivity index (χ2n) is 9.33. The number of carbonyl (C=O) groups is 2. The molecule has 2 aromatic rings. The van der Waals surface area contributed by atoms with Gasteiger partial charge in [0.2, 0.25) is 5.91 Å². The number of methoxy groups -OCH3 is 1. The summed E-state index contributed by atoms with van der Waals surface area (Å²) in [5, 5.41) is 0. The van der Waals surface area contributed by atoms with Crippen LogP contribution in [0, 0.1) is 11.6 Å². The minimum atomic E-state index is -0.888. The highest BCUT2D eigenvalue weighted by Gasteiger charge is 2.42. The highest BCUT2D eigenvalue weighted by Crippen LogP contribution is 2.42. The second-order valence-corrected chi connectivity index (χ2v) is 9.33. The van der Waals surface area contributed by atoms with E-state index in [2.05, 4.69) is 11.6 Å². The van der Waals surface area contributed by atoms with E-state index in [1.54, 1.807) is 23.0 Å².